The summed E-state index contributed by atoms with van der Waals surface area (Å²) in [6.07, 6.45) is 0.166. The molecule has 1 aromatic carbocycles. The van der Waals surface area contributed by atoms with Crippen LogP contribution in [0, 0.1) is 0 Å². The normalized spacial score (nSPS) is 19.1. The van der Waals surface area contributed by atoms with E-state index in [2.05, 4.69) is 21.2 Å². The lowest BCUT2D eigenvalue weighted by Crippen LogP contribution is -2.28. The van der Waals surface area contributed by atoms with Crippen LogP contribution in [0.3, 0.4) is 0 Å². The predicted octanol–water partition coefficient (Wildman–Crippen LogP) is 2.81. The number of aliphatic carboxylic acids is 1. The molecule has 0 spiro atoms. The quantitative estimate of drug-likeness (QED) is 0.878. The first-order valence-electron chi connectivity index (χ1n) is 4.56. The molecule has 0 bridgehead atoms. The third kappa shape index (κ3) is 2.66. The van der Waals surface area contributed by atoms with E-state index in [1.165, 1.54) is 4.90 Å². The zero-order valence-corrected chi connectivity index (χ0v) is 10.3. The largest absolute Gasteiger partial charge is 0.481 e. The number of anilines is 1. The SMILES string of the molecule is O=C(O)CC1CSc2ccc(Br)cc2N1. The minimum Gasteiger partial charge on any atom is -0.481 e. The first-order valence-corrected chi connectivity index (χ1v) is 6.33. The molecule has 0 radical (unpaired) electrons. The van der Waals surface area contributed by atoms with Crippen molar-refractivity contribution in [3.8, 4) is 0 Å². The summed E-state index contributed by atoms with van der Waals surface area (Å²) in [6, 6.07) is 6.03. The molecule has 5 heteroatoms. The molecule has 1 atom stereocenters. The molecule has 80 valence electrons. The monoisotopic (exact) mass is 287 g/mol. The fourth-order valence-corrected chi connectivity index (χ4v) is 2.89. The van der Waals surface area contributed by atoms with Crippen LogP contribution in [0.1, 0.15) is 6.42 Å². The highest BCUT2D eigenvalue weighted by molar-refractivity contribution is 9.10. The Morgan fingerprint density at radius 3 is 3.20 bits per heavy atom. The molecule has 1 aromatic rings. The van der Waals surface area contributed by atoms with Gasteiger partial charge in [-0.25, -0.2) is 0 Å². The molecule has 1 heterocycles. The van der Waals surface area contributed by atoms with E-state index in [-0.39, 0.29) is 12.5 Å². The van der Waals surface area contributed by atoms with Gasteiger partial charge in [-0.1, -0.05) is 15.9 Å². The van der Waals surface area contributed by atoms with Crippen LogP contribution in [0.15, 0.2) is 27.6 Å². The first kappa shape index (κ1) is 10.8. The summed E-state index contributed by atoms with van der Waals surface area (Å²) in [6.45, 7) is 0. The molecule has 0 amide bonds. The fraction of sp³-hybridized carbons (Fsp3) is 0.300. The van der Waals surface area contributed by atoms with E-state index in [0.29, 0.717) is 0 Å². The molecule has 3 nitrogen and oxygen atoms in total. The van der Waals surface area contributed by atoms with Crippen LogP contribution in [-0.4, -0.2) is 22.9 Å². The lowest BCUT2D eigenvalue weighted by Gasteiger charge is -2.25. The number of fused-ring (bicyclic) bond motifs is 1. The van der Waals surface area contributed by atoms with Crippen LogP contribution >= 0.6 is 27.7 Å². The minimum absolute atomic E-state index is 0.0225. The second kappa shape index (κ2) is 4.45. The number of carboxylic acid groups (broad SMARTS) is 1. The summed E-state index contributed by atoms with van der Waals surface area (Å²) in [5.41, 5.74) is 1.02. The fourth-order valence-electron chi connectivity index (χ4n) is 1.51. The number of hydrogen-bond acceptors (Lipinski definition) is 3. The van der Waals surface area contributed by atoms with Gasteiger partial charge in [0.05, 0.1) is 6.42 Å². The summed E-state index contributed by atoms with van der Waals surface area (Å²) in [4.78, 5) is 11.8. The molecule has 0 saturated heterocycles. The molecular formula is C10H10BrNO2S. The second-order valence-corrected chi connectivity index (χ2v) is 5.37. The third-order valence-electron chi connectivity index (χ3n) is 2.16. The van der Waals surface area contributed by atoms with Crippen molar-refractivity contribution in [3.05, 3.63) is 22.7 Å². The number of rotatable bonds is 2. The van der Waals surface area contributed by atoms with Crippen LogP contribution in [0.25, 0.3) is 0 Å². The van der Waals surface area contributed by atoms with E-state index in [9.17, 15) is 4.79 Å². The van der Waals surface area contributed by atoms with Gasteiger partial charge >= 0.3 is 5.97 Å². The van der Waals surface area contributed by atoms with Crippen LogP contribution in [0.2, 0.25) is 0 Å². The lowest BCUT2D eigenvalue weighted by molar-refractivity contribution is -0.137. The van der Waals surface area contributed by atoms with E-state index in [1.54, 1.807) is 11.8 Å². The summed E-state index contributed by atoms with van der Waals surface area (Å²) >= 11 is 5.10. The van der Waals surface area contributed by atoms with Crippen molar-refractivity contribution in [2.24, 2.45) is 0 Å². The maximum absolute atomic E-state index is 10.6. The van der Waals surface area contributed by atoms with Crippen molar-refractivity contribution >= 4 is 39.3 Å². The van der Waals surface area contributed by atoms with Gasteiger partial charge in [0.15, 0.2) is 0 Å². The second-order valence-electron chi connectivity index (χ2n) is 3.39. The Hall–Kier alpha value is -0.680. The van der Waals surface area contributed by atoms with Gasteiger partial charge in [-0.15, -0.1) is 11.8 Å². The zero-order valence-electron chi connectivity index (χ0n) is 7.87. The van der Waals surface area contributed by atoms with Gasteiger partial charge in [-0.2, -0.15) is 0 Å². The standard InChI is InChI=1S/C10H10BrNO2S/c11-6-1-2-9-8(3-6)12-7(5-15-9)4-10(13)14/h1-3,7,12H,4-5H2,(H,13,14). The Bertz CT molecular complexity index is 397. The number of halogens is 1. The van der Waals surface area contributed by atoms with Crippen molar-refractivity contribution < 1.29 is 9.90 Å². The summed E-state index contributed by atoms with van der Waals surface area (Å²) < 4.78 is 1.00. The smallest absolute Gasteiger partial charge is 0.305 e. The van der Waals surface area contributed by atoms with Crippen LogP contribution < -0.4 is 5.32 Å². The van der Waals surface area contributed by atoms with Crippen LogP contribution in [-0.2, 0) is 4.79 Å². The van der Waals surface area contributed by atoms with Gasteiger partial charge in [0.1, 0.15) is 0 Å². The average Bonchev–Trinajstić information content (AvgIpc) is 2.16. The highest BCUT2D eigenvalue weighted by Gasteiger charge is 2.20. The first-order chi connectivity index (χ1) is 7.15. The van der Waals surface area contributed by atoms with Crippen LogP contribution in [0.5, 0.6) is 0 Å². The van der Waals surface area contributed by atoms with E-state index in [1.807, 2.05) is 18.2 Å². The molecule has 1 aliphatic heterocycles. The molecule has 0 saturated carbocycles. The highest BCUT2D eigenvalue weighted by Crippen LogP contribution is 2.35. The molecule has 0 fully saturated rings. The topological polar surface area (TPSA) is 49.3 Å². The van der Waals surface area contributed by atoms with Crippen LogP contribution in [0.4, 0.5) is 5.69 Å². The number of nitrogens with one attached hydrogen (secondary N) is 1. The zero-order chi connectivity index (χ0) is 10.8. The van der Waals surface area contributed by atoms with Gasteiger partial charge < -0.3 is 10.4 Å². The lowest BCUT2D eigenvalue weighted by atomic mass is 10.2. The Labute approximate surface area is 100 Å². The Morgan fingerprint density at radius 1 is 1.67 bits per heavy atom. The van der Waals surface area contributed by atoms with E-state index < -0.39 is 5.97 Å². The molecule has 15 heavy (non-hydrogen) atoms. The predicted molar refractivity (Wildman–Crippen MR) is 64.5 cm³/mol. The summed E-state index contributed by atoms with van der Waals surface area (Å²) in [5.74, 6) is 0.0487. The van der Waals surface area contributed by atoms with Gasteiger partial charge in [0.25, 0.3) is 0 Å². The van der Waals surface area contributed by atoms with Crippen molar-refractivity contribution in [1.29, 1.82) is 0 Å². The number of benzene rings is 1. The van der Waals surface area contributed by atoms with Crippen molar-refractivity contribution in [2.45, 2.75) is 17.4 Å². The molecule has 0 aromatic heterocycles. The van der Waals surface area contributed by atoms with E-state index in [0.717, 1.165) is 15.9 Å². The van der Waals surface area contributed by atoms with E-state index >= 15 is 0 Å². The maximum Gasteiger partial charge on any atom is 0.305 e. The van der Waals surface area contributed by atoms with Gasteiger partial charge in [0.2, 0.25) is 0 Å². The molecular weight excluding hydrogens is 278 g/mol. The molecule has 1 aliphatic rings. The van der Waals surface area contributed by atoms with Gasteiger partial charge in [-0.05, 0) is 18.2 Å². The highest BCUT2D eigenvalue weighted by atomic mass is 79.9. The summed E-state index contributed by atoms with van der Waals surface area (Å²) in [5, 5.41) is 11.9. The molecule has 1 unspecified atom stereocenters. The van der Waals surface area contributed by atoms with Crippen molar-refractivity contribution in [1.82, 2.24) is 0 Å². The van der Waals surface area contributed by atoms with E-state index in [4.69, 9.17) is 5.11 Å². The van der Waals surface area contributed by atoms with Gasteiger partial charge in [0, 0.05) is 26.9 Å². The number of thioether (sulfide) groups is 1. The molecule has 2 rings (SSSR count). The summed E-state index contributed by atoms with van der Waals surface area (Å²) in [7, 11) is 0. The number of carboxylic acids is 1. The third-order valence-corrected chi connectivity index (χ3v) is 3.89. The Morgan fingerprint density at radius 2 is 2.47 bits per heavy atom. The molecule has 0 aliphatic carbocycles. The minimum atomic E-state index is -0.758. The number of hydrogen-bond donors (Lipinski definition) is 2. The van der Waals surface area contributed by atoms with Gasteiger partial charge in [-0.3, -0.25) is 4.79 Å². The van der Waals surface area contributed by atoms with Crippen molar-refractivity contribution in [2.75, 3.05) is 11.1 Å². The maximum atomic E-state index is 10.6. The number of carbonyl (C=O) groups is 1. The Balaban J connectivity index is 2.14. The van der Waals surface area contributed by atoms with Crippen molar-refractivity contribution in [3.63, 3.8) is 0 Å². The Kier molecular flexibility index (Phi) is 3.21. The molecule has 2 N–H and O–H groups in total. The average molecular weight is 288 g/mol.